The molecule has 1 unspecified atom stereocenters. The normalized spacial score (nSPS) is 19.9. The summed E-state index contributed by atoms with van der Waals surface area (Å²) in [7, 11) is 1.63. The molecular formula is C15H21NO3. The van der Waals surface area contributed by atoms with Crippen molar-refractivity contribution in [2.75, 3.05) is 26.8 Å². The molecule has 0 radical (unpaired) electrons. The summed E-state index contributed by atoms with van der Waals surface area (Å²) < 4.78 is 11.0. The maximum atomic E-state index is 11.0. The summed E-state index contributed by atoms with van der Waals surface area (Å²) in [5.74, 6) is 1.50. The Morgan fingerprint density at radius 1 is 1.32 bits per heavy atom. The zero-order valence-electron chi connectivity index (χ0n) is 11.4. The van der Waals surface area contributed by atoms with Crippen LogP contribution in [0, 0.1) is 0 Å². The summed E-state index contributed by atoms with van der Waals surface area (Å²) in [5, 5.41) is 0. The highest BCUT2D eigenvalue weighted by Crippen LogP contribution is 2.25. The lowest BCUT2D eigenvalue weighted by atomic mass is 10.0. The molecule has 4 heteroatoms. The Bertz CT molecular complexity index is 408. The first-order valence-electron chi connectivity index (χ1n) is 6.80. The molecule has 4 nitrogen and oxygen atoms in total. The average Bonchev–Trinajstić information content (AvgIpc) is 2.48. The van der Waals surface area contributed by atoms with Gasteiger partial charge in [0, 0.05) is 6.54 Å². The summed E-state index contributed by atoms with van der Waals surface area (Å²) in [4.78, 5) is 13.2. The van der Waals surface area contributed by atoms with Gasteiger partial charge in [0.05, 0.1) is 13.2 Å². The number of aldehydes is 1. The van der Waals surface area contributed by atoms with E-state index in [0.717, 1.165) is 43.7 Å². The molecule has 0 amide bonds. The molecule has 0 aliphatic carbocycles. The highest BCUT2D eigenvalue weighted by Gasteiger charge is 2.21. The first kappa shape index (κ1) is 13.9. The molecule has 0 spiro atoms. The monoisotopic (exact) mass is 263 g/mol. The van der Waals surface area contributed by atoms with E-state index < -0.39 is 0 Å². The van der Waals surface area contributed by atoms with E-state index in [-0.39, 0.29) is 6.04 Å². The Kier molecular flexibility index (Phi) is 5.21. The van der Waals surface area contributed by atoms with Crippen LogP contribution in [0.1, 0.15) is 19.3 Å². The fourth-order valence-corrected chi connectivity index (χ4v) is 2.46. The van der Waals surface area contributed by atoms with Crippen LogP contribution in [0.2, 0.25) is 0 Å². The quantitative estimate of drug-likeness (QED) is 0.737. The van der Waals surface area contributed by atoms with Gasteiger partial charge in [0.25, 0.3) is 0 Å². The highest BCUT2D eigenvalue weighted by atomic mass is 16.5. The summed E-state index contributed by atoms with van der Waals surface area (Å²) >= 11 is 0. The third-order valence-electron chi connectivity index (χ3n) is 3.53. The lowest BCUT2D eigenvalue weighted by molar-refractivity contribution is -0.113. The lowest BCUT2D eigenvalue weighted by Gasteiger charge is -2.31. The topological polar surface area (TPSA) is 38.8 Å². The smallest absolute Gasteiger partial charge is 0.161 e. The van der Waals surface area contributed by atoms with E-state index in [1.54, 1.807) is 7.11 Å². The number of hydrogen-bond donors (Lipinski definition) is 0. The molecule has 0 bridgehead atoms. The van der Waals surface area contributed by atoms with Crippen LogP contribution in [0.15, 0.2) is 24.3 Å². The molecule has 104 valence electrons. The van der Waals surface area contributed by atoms with Crippen LogP contribution in [-0.4, -0.2) is 44.0 Å². The van der Waals surface area contributed by atoms with E-state index in [4.69, 9.17) is 9.47 Å². The van der Waals surface area contributed by atoms with Gasteiger partial charge >= 0.3 is 0 Å². The molecule has 0 aromatic heterocycles. The van der Waals surface area contributed by atoms with Crippen LogP contribution in [0.4, 0.5) is 0 Å². The Labute approximate surface area is 114 Å². The molecule has 1 heterocycles. The van der Waals surface area contributed by atoms with Crippen molar-refractivity contribution in [1.82, 2.24) is 4.90 Å². The lowest BCUT2D eigenvalue weighted by Crippen LogP contribution is -2.42. The van der Waals surface area contributed by atoms with Crippen molar-refractivity contribution in [3.63, 3.8) is 0 Å². The van der Waals surface area contributed by atoms with Gasteiger partial charge in [-0.25, -0.2) is 0 Å². The van der Waals surface area contributed by atoms with Crippen molar-refractivity contribution < 1.29 is 14.3 Å². The molecule has 0 N–H and O–H groups in total. The van der Waals surface area contributed by atoms with Crippen LogP contribution in [0.5, 0.6) is 11.5 Å². The standard InChI is InChI=1S/C15H21NO3/c1-18-14-7-2-3-8-15(14)19-11-10-16-9-5-4-6-13(16)12-17/h2-3,7-8,12-13H,4-6,9-11H2,1H3. The predicted molar refractivity (Wildman–Crippen MR) is 73.8 cm³/mol. The molecule has 1 saturated heterocycles. The van der Waals surface area contributed by atoms with Gasteiger partial charge < -0.3 is 14.3 Å². The highest BCUT2D eigenvalue weighted by molar-refractivity contribution is 5.57. The van der Waals surface area contributed by atoms with Crippen molar-refractivity contribution >= 4 is 6.29 Å². The molecule has 0 saturated carbocycles. The summed E-state index contributed by atoms with van der Waals surface area (Å²) in [5.41, 5.74) is 0. The minimum atomic E-state index is 0.0648. The Morgan fingerprint density at radius 3 is 2.84 bits per heavy atom. The van der Waals surface area contributed by atoms with E-state index in [2.05, 4.69) is 4.90 Å². The molecule has 1 aliphatic heterocycles. The Morgan fingerprint density at radius 2 is 2.11 bits per heavy atom. The molecule has 2 rings (SSSR count). The van der Waals surface area contributed by atoms with Crippen LogP contribution < -0.4 is 9.47 Å². The largest absolute Gasteiger partial charge is 0.493 e. The number of nitrogens with zero attached hydrogens (tertiary/aromatic N) is 1. The fraction of sp³-hybridized carbons (Fsp3) is 0.533. The molecule has 1 aromatic carbocycles. The van der Waals surface area contributed by atoms with Crippen molar-refractivity contribution in [3.05, 3.63) is 24.3 Å². The van der Waals surface area contributed by atoms with Gasteiger partial charge in [0.1, 0.15) is 12.9 Å². The van der Waals surface area contributed by atoms with Gasteiger partial charge in [0.2, 0.25) is 0 Å². The molecule has 19 heavy (non-hydrogen) atoms. The number of rotatable bonds is 6. The third-order valence-corrected chi connectivity index (χ3v) is 3.53. The van der Waals surface area contributed by atoms with Gasteiger partial charge in [0.15, 0.2) is 11.5 Å². The number of para-hydroxylation sites is 2. The van der Waals surface area contributed by atoms with Gasteiger partial charge in [-0.3, -0.25) is 4.90 Å². The number of ether oxygens (including phenoxy) is 2. The predicted octanol–water partition coefficient (Wildman–Crippen LogP) is 2.13. The summed E-state index contributed by atoms with van der Waals surface area (Å²) in [6.45, 7) is 2.34. The summed E-state index contributed by atoms with van der Waals surface area (Å²) in [6, 6.07) is 7.68. The van der Waals surface area contributed by atoms with Crippen molar-refractivity contribution in [2.45, 2.75) is 25.3 Å². The second-order valence-electron chi connectivity index (χ2n) is 4.73. The SMILES string of the molecule is COc1ccccc1OCCN1CCCCC1C=O. The first-order valence-corrected chi connectivity index (χ1v) is 6.80. The van der Waals surface area contributed by atoms with Crippen molar-refractivity contribution in [2.24, 2.45) is 0 Å². The zero-order chi connectivity index (χ0) is 13.5. The molecule has 1 atom stereocenters. The van der Waals surface area contributed by atoms with E-state index in [9.17, 15) is 4.79 Å². The summed E-state index contributed by atoms with van der Waals surface area (Å²) in [6.07, 6.45) is 4.34. The number of likely N-dealkylation sites (tertiary alicyclic amines) is 1. The van der Waals surface area contributed by atoms with Crippen LogP contribution in [0.3, 0.4) is 0 Å². The van der Waals surface area contributed by atoms with Crippen molar-refractivity contribution in [1.29, 1.82) is 0 Å². The maximum absolute atomic E-state index is 11.0. The van der Waals surface area contributed by atoms with Crippen LogP contribution in [-0.2, 0) is 4.79 Å². The Balaban J connectivity index is 1.83. The van der Waals surface area contributed by atoms with Gasteiger partial charge in [-0.05, 0) is 31.5 Å². The number of hydrogen-bond acceptors (Lipinski definition) is 4. The third kappa shape index (κ3) is 3.70. The van der Waals surface area contributed by atoms with Crippen molar-refractivity contribution in [3.8, 4) is 11.5 Å². The second kappa shape index (κ2) is 7.14. The molecular weight excluding hydrogens is 242 g/mol. The van der Waals surface area contributed by atoms with E-state index in [1.807, 2.05) is 24.3 Å². The van der Waals surface area contributed by atoms with Gasteiger partial charge in [-0.15, -0.1) is 0 Å². The fourth-order valence-electron chi connectivity index (χ4n) is 2.46. The number of methoxy groups -OCH3 is 1. The number of carbonyl (C=O) groups excluding carboxylic acids is 1. The molecule has 1 fully saturated rings. The number of benzene rings is 1. The minimum absolute atomic E-state index is 0.0648. The number of piperidine rings is 1. The first-order chi connectivity index (χ1) is 9.35. The van der Waals surface area contributed by atoms with E-state index >= 15 is 0 Å². The molecule has 1 aromatic rings. The maximum Gasteiger partial charge on any atom is 0.161 e. The van der Waals surface area contributed by atoms with E-state index in [1.165, 1.54) is 6.42 Å². The molecule has 1 aliphatic rings. The minimum Gasteiger partial charge on any atom is -0.493 e. The second-order valence-corrected chi connectivity index (χ2v) is 4.73. The van der Waals surface area contributed by atoms with Crippen LogP contribution in [0.25, 0.3) is 0 Å². The van der Waals surface area contributed by atoms with Gasteiger partial charge in [-0.1, -0.05) is 18.6 Å². The Hall–Kier alpha value is -1.55. The van der Waals surface area contributed by atoms with Crippen LogP contribution >= 0.6 is 0 Å². The van der Waals surface area contributed by atoms with Gasteiger partial charge in [-0.2, -0.15) is 0 Å². The average molecular weight is 263 g/mol. The zero-order valence-corrected chi connectivity index (χ0v) is 11.4. The van der Waals surface area contributed by atoms with E-state index in [0.29, 0.717) is 6.61 Å². The number of carbonyl (C=O) groups is 1.